The molecule has 0 aromatic carbocycles. The van der Waals surface area contributed by atoms with Gasteiger partial charge in [-0.2, -0.15) is 0 Å². The summed E-state index contributed by atoms with van der Waals surface area (Å²) in [5.74, 6) is 1.29. The van der Waals surface area contributed by atoms with Crippen molar-refractivity contribution < 1.29 is 9.59 Å². The SMILES string of the molecule is O=C(CN1CSCC1=O)N1CCCN(c2nccs2)CC1. The quantitative estimate of drug-likeness (QED) is 0.819. The van der Waals surface area contributed by atoms with Crippen LogP contribution in [0.4, 0.5) is 5.13 Å². The smallest absolute Gasteiger partial charge is 0.242 e. The lowest BCUT2D eigenvalue weighted by Crippen LogP contribution is -2.42. The highest BCUT2D eigenvalue weighted by Gasteiger charge is 2.26. The van der Waals surface area contributed by atoms with Crippen LogP contribution in [-0.4, -0.2) is 71.0 Å². The Morgan fingerprint density at radius 1 is 1.29 bits per heavy atom. The number of carbonyl (C=O) groups excluding carboxylic acids is 2. The predicted molar refractivity (Wildman–Crippen MR) is 84.6 cm³/mol. The van der Waals surface area contributed by atoms with Gasteiger partial charge in [-0.15, -0.1) is 23.1 Å². The first-order valence-electron chi connectivity index (χ1n) is 7.02. The summed E-state index contributed by atoms with van der Waals surface area (Å²) in [7, 11) is 0. The van der Waals surface area contributed by atoms with Crippen molar-refractivity contribution in [3.05, 3.63) is 11.6 Å². The Balaban J connectivity index is 1.54. The molecule has 21 heavy (non-hydrogen) atoms. The van der Waals surface area contributed by atoms with E-state index in [1.807, 2.05) is 16.5 Å². The van der Waals surface area contributed by atoms with Crippen LogP contribution in [0.3, 0.4) is 0 Å². The first-order valence-corrected chi connectivity index (χ1v) is 9.05. The number of nitrogens with zero attached hydrogens (tertiary/aromatic N) is 4. The minimum absolute atomic E-state index is 0.0619. The summed E-state index contributed by atoms with van der Waals surface area (Å²) in [4.78, 5) is 34.0. The van der Waals surface area contributed by atoms with E-state index in [0.717, 1.165) is 31.2 Å². The van der Waals surface area contributed by atoms with Crippen LogP contribution in [0.5, 0.6) is 0 Å². The Labute approximate surface area is 132 Å². The summed E-state index contributed by atoms with van der Waals surface area (Å²) in [6.07, 6.45) is 2.75. The lowest BCUT2D eigenvalue weighted by Gasteiger charge is -2.24. The van der Waals surface area contributed by atoms with Crippen molar-refractivity contribution >= 4 is 40.0 Å². The largest absolute Gasteiger partial charge is 0.346 e. The molecule has 8 heteroatoms. The maximum absolute atomic E-state index is 12.3. The first kappa shape index (κ1) is 14.6. The van der Waals surface area contributed by atoms with Gasteiger partial charge >= 0.3 is 0 Å². The topological polar surface area (TPSA) is 56.8 Å². The van der Waals surface area contributed by atoms with Gasteiger partial charge in [-0.25, -0.2) is 4.98 Å². The van der Waals surface area contributed by atoms with E-state index in [-0.39, 0.29) is 18.4 Å². The number of rotatable bonds is 3. The fourth-order valence-electron chi connectivity index (χ4n) is 2.53. The zero-order valence-electron chi connectivity index (χ0n) is 11.7. The fourth-order valence-corrected chi connectivity index (χ4v) is 4.13. The molecule has 114 valence electrons. The van der Waals surface area contributed by atoms with Crippen molar-refractivity contribution in [3.8, 4) is 0 Å². The van der Waals surface area contributed by atoms with Crippen LogP contribution in [0, 0.1) is 0 Å². The van der Waals surface area contributed by atoms with Gasteiger partial charge in [0.15, 0.2) is 5.13 Å². The van der Waals surface area contributed by atoms with E-state index in [9.17, 15) is 9.59 Å². The van der Waals surface area contributed by atoms with Crippen LogP contribution in [0.25, 0.3) is 0 Å². The molecule has 2 aliphatic rings. The van der Waals surface area contributed by atoms with Crippen molar-refractivity contribution in [3.63, 3.8) is 0 Å². The predicted octanol–water partition coefficient (Wildman–Crippen LogP) is 0.715. The summed E-state index contributed by atoms with van der Waals surface area (Å²) in [6, 6.07) is 0. The number of amides is 2. The van der Waals surface area contributed by atoms with Crippen molar-refractivity contribution in [1.29, 1.82) is 0 Å². The monoisotopic (exact) mass is 326 g/mol. The Morgan fingerprint density at radius 3 is 2.90 bits per heavy atom. The molecule has 0 atom stereocenters. The highest BCUT2D eigenvalue weighted by molar-refractivity contribution is 8.00. The lowest BCUT2D eigenvalue weighted by molar-refractivity contribution is -0.137. The number of anilines is 1. The normalized spacial score (nSPS) is 20.0. The van der Waals surface area contributed by atoms with Gasteiger partial charge in [0.25, 0.3) is 0 Å². The first-order chi connectivity index (χ1) is 10.2. The third kappa shape index (κ3) is 3.49. The van der Waals surface area contributed by atoms with Crippen molar-refractivity contribution in [2.45, 2.75) is 6.42 Å². The third-order valence-electron chi connectivity index (χ3n) is 3.69. The Hall–Kier alpha value is -1.28. The van der Waals surface area contributed by atoms with Gasteiger partial charge in [-0.05, 0) is 6.42 Å². The number of thioether (sulfide) groups is 1. The third-order valence-corrected chi connectivity index (χ3v) is 5.47. The van der Waals surface area contributed by atoms with Crippen LogP contribution in [0.15, 0.2) is 11.6 Å². The molecule has 2 fully saturated rings. The molecular weight excluding hydrogens is 308 g/mol. The Kier molecular flexibility index (Phi) is 4.64. The second-order valence-electron chi connectivity index (χ2n) is 5.11. The molecular formula is C13H18N4O2S2. The van der Waals surface area contributed by atoms with Gasteiger partial charge in [0, 0.05) is 37.8 Å². The van der Waals surface area contributed by atoms with E-state index in [1.54, 1.807) is 28.0 Å². The molecule has 3 heterocycles. The Morgan fingerprint density at radius 2 is 2.19 bits per heavy atom. The second-order valence-corrected chi connectivity index (χ2v) is 6.93. The second kappa shape index (κ2) is 6.65. The maximum Gasteiger partial charge on any atom is 0.242 e. The van der Waals surface area contributed by atoms with Gasteiger partial charge in [-0.3, -0.25) is 9.59 Å². The number of thiazole rings is 1. The molecule has 2 saturated heterocycles. The van der Waals surface area contributed by atoms with Gasteiger partial charge in [0.2, 0.25) is 11.8 Å². The van der Waals surface area contributed by atoms with E-state index >= 15 is 0 Å². The van der Waals surface area contributed by atoms with Gasteiger partial charge in [0.1, 0.15) is 6.54 Å². The molecule has 0 spiro atoms. The summed E-state index contributed by atoms with van der Waals surface area (Å²) in [6.45, 7) is 3.42. The summed E-state index contributed by atoms with van der Waals surface area (Å²) < 4.78 is 0. The molecule has 2 aliphatic heterocycles. The highest BCUT2D eigenvalue weighted by atomic mass is 32.2. The molecule has 1 aromatic rings. The van der Waals surface area contributed by atoms with E-state index in [0.29, 0.717) is 18.2 Å². The van der Waals surface area contributed by atoms with Gasteiger partial charge < -0.3 is 14.7 Å². The van der Waals surface area contributed by atoms with Crippen LogP contribution >= 0.6 is 23.1 Å². The van der Waals surface area contributed by atoms with Crippen LogP contribution in [-0.2, 0) is 9.59 Å². The molecule has 2 amide bonds. The minimum Gasteiger partial charge on any atom is -0.346 e. The van der Waals surface area contributed by atoms with E-state index < -0.39 is 0 Å². The number of aromatic nitrogens is 1. The summed E-state index contributed by atoms with van der Waals surface area (Å²) in [5, 5.41) is 3.00. The Bertz CT molecular complexity index is 508. The molecule has 6 nitrogen and oxygen atoms in total. The molecule has 3 rings (SSSR count). The number of carbonyl (C=O) groups is 2. The van der Waals surface area contributed by atoms with Crippen molar-refractivity contribution in [2.75, 3.05) is 49.3 Å². The standard InChI is InChI=1S/C13H18N4O2S2/c18-11(8-17-10-20-9-12(17)19)15-3-1-4-16(6-5-15)13-14-2-7-21-13/h2,7H,1,3-6,8-10H2. The van der Waals surface area contributed by atoms with E-state index in [4.69, 9.17) is 0 Å². The number of hydrogen-bond donors (Lipinski definition) is 0. The zero-order valence-corrected chi connectivity index (χ0v) is 13.4. The fraction of sp³-hybridized carbons (Fsp3) is 0.615. The van der Waals surface area contributed by atoms with Gasteiger partial charge in [-0.1, -0.05) is 0 Å². The molecule has 0 unspecified atom stereocenters. The molecule has 0 N–H and O–H groups in total. The molecule has 1 aromatic heterocycles. The zero-order chi connectivity index (χ0) is 14.7. The highest BCUT2D eigenvalue weighted by Crippen LogP contribution is 2.19. The van der Waals surface area contributed by atoms with Crippen molar-refractivity contribution in [1.82, 2.24) is 14.8 Å². The molecule has 0 bridgehead atoms. The molecule has 0 radical (unpaired) electrons. The van der Waals surface area contributed by atoms with E-state index in [2.05, 4.69) is 9.88 Å². The van der Waals surface area contributed by atoms with Gasteiger partial charge in [0.05, 0.1) is 11.6 Å². The van der Waals surface area contributed by atoms with Crippen LogP contribution in [0.1, 0.15) is 6.42 Å². The van der Waals surface area contributed by atoms with Crippen molar-refractivity contribution in [2.24, 2.45) is 0 Å². The average molecular weight is 326 g/mol. The summed E-state index contributed by atoms with van der Waals surface area (Å²) >= 11 is 3.20. The molecule has 0 saturated carbocycles. The molecule has 0 aliphatic carbocycles. The van der Waals surface area contributed by atoms with E-state index in [1.165, 1.54) is 0 Å². The summed E-state index contributed by atoms with van der Waals surface area (Å²) in [5.41, 5.74) is 0. The minimum atomic E-state index is 0.0619. The average Bonchev–Trinajstić information content (AvgIpc) is 3.07. The number of hydrogen-bond acceptors (Lipinski definition) is 6. The maximum atomic E-state index is 12.3. The van der Waals surface area contributed by atoms with Crippen LogP contribution in [0.2, 0.25) is 0 Å². The lowest BCUT2D eigenvalue weighted by atomic mass is 10.3. The van der Waals surface area contributed by atoms with Crippen LogP contribution < -0.4 is 4.90 Å².